The Morgan fingerprint density at radius 1 is 1.33 bits per heavy atom. The van der Waals surface area contributed by atoms with E-state index in [1.165, 1.54) is 5.56 Å². The van der Waals surface area contributed by atoms with Gasteiger partial charge >= 0.3 is 0 Å². The summed E-state index contributed by atoms with van der Waals surface area (Å²) in [5.74, 6) is 2.06. The maximum absolute atomic E-state index is 5.75. The van der Waals surface area contributed by atoms with Gasteiger partial charge in [-0.3, -0.25) is 0 Å². The van der Waals surface area contributed by atoms with Gasteiger partial charge in [-0.15, -0.1) is 0 Å². The topological polar surface area (TPSA) is 25.2 Å². The number of nitrogens with one attached hydrogen (secondary N) is 1. The summed E-state index contributed by atoms with van der Waals surface area (Å²) in [5.41, 5.74) is 1.42. The van der Waals surface area contributed by atoms with Crippen molar-refractivity contribution in [3.8, 4) is 0 Å². The smallest absolute Gasteiger partial charge is 0.121 e. The van der Waals surface area contributed by atoms with Gasteiger partial charge in [0, 0.05) is 0 Å². The maximum Gasteiger partial charge on any atom is 0.121 e. The number of thiophene rings is 1. The quantitative estimate of drug-likeness (QED) is 0.804. The molecule has 0 radical (unpaired) electrons. The summed E-state index contributed by atoms with van der Waals surface area (Å²) < 4.78 is 5.75. The van der Waals surface area contributed by atoms with Gasteiger partial charge in [0.15, 0.2) is 0 Å². The maximum atomic E-state index is 5.75. The summed E-state index contributed by atoms with van der Waals surface area (Å²) in [6.45, 7) is 5.23. The first-order valence-corrected chi connectivity index (χ1v) is 7.54. The van der Waals surface area contributed by atoms with Crippen molar-refractivity contribution in [1.29, 1.82) is 0 Å². The average Bonchev–Trinajstić information content (AvgIpc) is 3.01. The lowest BCUT2D eigenvalue weighted by Gasteiger charge is -2.15. The van der Waals surface area contributed by atoms with E-state index >= 15 is 0 Å². The van der Waals surface area contributed by atoms with E-state index in [1.807, 2.05) is 13.0 Å². The van der Waals surface area contributed by atoms with Crippen molar-refractivity contribution < 1.29 is 4.42 Å². The monoisotopic (exact) mass is 263 g/mol. The molecule has 0 saturated heterocycles. The van der Waals surface area contributed by atoms with Crippen LogP contribution in [0.4, 0.5) is 0 Å². The number of aryl methyl sites for hydroxylation is 2. The first kappa shape index (κ1) is 13.4. The number of hydrogen-bond acceptors (Lipinski definition) is 3. The van der Waals surface area contributed by atoms with Crippen LogP contribution in [0.3, 0.4) is 0 Å². The third kappa shape index (κ3) is 3.72. The molecule has 0 aliphatic heterocycles. The zero-order chi connectivity index (χ0) is 12.8. The van der Waals surface area contributed by atoms with Crippen molar-refractivity contribution in [2.75, 3.05) is 6.54 Å². The van der Waals surface area contributed by atoms with Gasteiger partial charge in [-0.25, -0.2) is 0 Å². The molecular weight excluding hydrogens is 242 g/mol. The first-order valence-electron chi connectivity index (χ1n) is 6.60. The molecule has 2 aromatic rings. The fourth-order valence-electron chi connectivity index (χ4n) is 2.05. The second-order valence-electron chi connectivity index (χ2n) is 4.63. The average molecular weight is 263 g/mol. The summed E-state index contributed by atoms with van der Waals surface area (Å²) in [6.07, 6.45) is 3.34. The molecule has 1 N–H and O–H groups in total. The molecule has 1 atom stereocenters. The van der Waals surface area contributed by atoms with Gasteiger partial charge in [0.2, 0.25) is 0 Å². The van der Waals surface area contributed by atoms with E-state index in [4.69, 9.17) is 4.42 Å². The molecule has 1 unspecified atom stereocenters. The summed E-state index contributed by atoms with van der Waals surface area (Å²) in [5, 5.41) is 7.94. The van der Waals surface area contributed by atoms with Gasteiger partial charge in [0.1, 0.15) is 11.5 Å². The molecule has 0 aliphatic carbocycles. The normalized spacial score (nSPS) is 12.8. The Balaban J connectivity index is 1.96. The third-order valence-electron chi connectivity index (χ3n) is 3.05. The van der Waals surface area contributed by atoms with Crippen LogP contribution in [0.5, 0.6) is 0 Å². The van der Waals surface area contributed by atoms with Gasteiger partial charge in [0.05, 0.1) is 6.04 Å². The van der Waals surface area contributed by atoms with Crippen LogP contribution in [0.2, 0.25) is 0 Å². The molecule has 3 heteroatoms. The van der Waals surface area contributed by atoms with Crippen LogP contribution in [-0.4, -0.2) is 6.54 Å². The minimum atomic E-state index is 0.332. The molecule has 2 rings (SSSR count). The lowest BCUT2D eigenvalue weighted by molar-refractivity contribution is 0.385. The van der Waals surface area contributed by atoms with Crippen molar-refractivity contribution in [1.82, 2.24) is 5.32 Å². The van der Waals surface area contributed by atoms with E-state index in [0.717, 1.165) is 37.3 Å². The Hall–Kier alpha value is -1.06. The summed E-state index contributed by atoms with van der Waals surface area (Å²) in [4.78, 5) is 0. The number of hydrogen-bond donors (Lipinski definition) is 1. The third-order valence-corrected chi connectivity index (χ3v) is 3.78. The highest BCUT2D eigenvalue weighted by atomic mass is 32.1. The molecule has 2 nitrogen and oxygen atoms in total. The van der Waals surface area contributed by atoms with Gasteiger partial charge in [-0.2, -0.15) is 11.3 Å². The number of furan rings is 1. The predicted molar refractivity (Wildman–Crippen MR) is 77.1 cm³/mol. The zero-order valence-electron chi connectivity index (χ0n) is 11.1. The molecule has 0 bridgehead atoms. The molecule has 2 heterocycles. The molecule has 0 spiro atoms. The minimum Gasteiger partial charge on any atom is -0.465 e. The van der Waals surface area contributed by atoms with E-state index in [2.05, 4.69) is 35.1 Å². The predicted octanol–water partition coefficient (Wildman–Crippen LogP) is 4.32. The van der Waals surface area contributed by atoms with E-state index in [1.54, 1.807) is 11.3 Å². The van der Waals surface area contributed by atoms with Crippen LogP contribution in [0.25, 0.3) is 0 Å². The van der Waals surface area contributed by atoms with Crippen molar-refractivity contribution in [3.05, 3.63) is 46.0 Å². The fourth-order valence-corrected chi connectivity index (χ4v) is 2.75. The molecule has 0 saturated carbocycles. The van der Waals surface area contributed by atoms with Crippen LogP contribution in [0, 0.1) is 6.92 Å². The molecule has 0 aromatic carbocycles. The molecule has 2 aromatic heterocycles. The SMILES string of the molecule is CCCNC(CCc1ccsc1)c1ccc(C)o1. The molecule has 18 heavy (non-hydrogen) atoms. The Kier molecular flexibility index (Phi) is 5.02. The van der Waals surface area contributed by atoms with E-state index in [9.17, 15) is 0 Å². The zero-order valence-corrected chi connectivity index (χ0v) is 11.9. The van der Waals surface area contributed by atoms with Gasteiger partial charge in [-0.1, -0.05) is 6.92 Å². The fraction of sp³-hybridized carbons (Fsp3) is 0.467. The molecule has 98 valence electrons. The van der Waals surface area contributed by atoms with Crippen molar-refractivity contribution in [2.45, 2.75) is 39.2 Å². The van der Waals surface area contributed by atoms with Crippen LogP contribution in [0.15, 0.2) is 33.4 Å². The lowest BCUT2D eigenvalue weighted by Crippen LogP contribution is -2.22. The summed E-state index contributed by atoms with van der Waals surface area (Å²) in [6, 6.07) is 6.67. The van der Waals surface area contributed by atoms with Crippen LogP contribution >= 0.6 is 11.3 Å². The highest BCUT2D eigenvalue weighted by molar-refractivity contribution is 7.07. The summed E-state index contributed by atoms with van der Waals surface area (Å²) >= 11 is 1.77. The minimum absolute atomic E-state index is 0.332. The molecular formula is C15H21NOS. The Labute approximate surface area is 113 Å². The first-order chi connectivity index (χ1) is 8.79. The van der Waals surface area contributed by atoms with E-state index in [-0.39, 0.29) is 0 Å². The largest absolute Gasteiger partial charge is 0.465 e. The van der Waals surface area contributed by atoms with E-state index < -0.39 is 0 Å². The Bertz CT molecular complexity index is 447. The highest BCUT2D eigenvalue weighted by Gasteiger charge is 2.14. The molecule has 0 fully saturated rings. The van der Waals surface area contributed by atoms with Gasteiger partial charge in [0.25, 0.3) is 0 Å². The van der Waals surface area contributed by atoms with Crippen molar-refractivity contribution in [3.63, 3.8) is 0 Å². The Morgan fingerprint density at radius 3 is 2.83 bits per heavy atom. The van der Waals surface area contributed by atoms with Crippen LogP contribution < -0.4 is 5.32 Å². The summed E-state index contributed by atoms with van der Waals surface area (Å²) in [7, 11) is 0. The second-order valence-corrected chi connectivity index (χ2v) is 5.41. The van der Waals surface area contributed by atoms with Crippen molar-refractivity contribution >= 4 is 11.3 Å². The van der Waals surface area contributed by atoms with Crippen molar-refractivity contribution in [2.24, 2.45) is 0 Å². The van der Waals surface area contributed by atoms with Gasteiger partial charge in [-0.05, 0) is 67.3 Å². The highest BCUT2D eigenvalue weighted by Crippen LogP contribution is 2.22. The lowest BCUT2D eigenvalue weighted by atomic mass is 10.1. The number of rotatable bonds is 7. The van der Waals surface area contributed by atoms with Crippen LogP contribution in [-0.2, 0) is 6.42 Å². The molecule has 0 amide bonds. The van der Waals surface area contributed by atoms with Gasteiger partial charge < -0.3 is 9.73 Å². The Morgan fingerprint density at radius 2 is 2.22 bits per heavy atom. The molecule has 0 aliphatic rings. The standard InChI is InChI=1S/C15H21NOS/c1-3-9-16-14(15-7-4-12(2)17-15)6-5-13-8-10-18-11-13/h4,7-8,10-11,14,16H,3,5-6,9H2,1-2H3. The van der Waals surface area contributed by atoms with Crippen LogP contribution in [0.1, 0.15) is 42.9 Å². The van der Waals surface area contributed by atoms with E-state index in [0.29, 0.717) is 6.04 Å². The second kappa shape index (κ2) is 6.76.